The third kappa shape index (κ3) is 4.81. The number of rotatable bonds is 4. The Morgan fingerprint density at radius 2 is 1.74 bits per heavy atom. The predicted octanol–water partition coefficient (Wildman–Crippen LogP) is 2.21. The van der Waals surface area contributed by atoms with Crippen LogP contribution in [-0.2, 0) is 11.8 Å². The molecule has 1 aromatic carbocycles. The Morgan fingerprint density at radius 3 is 2.39 bits per heavy atom. The Hall–Kier alpha value is -2.68. The number of nitrogens with one attached hydrogen (secondary N) is 1. The van der Waals surface area contributed by atoms with Gasteiger partial charge in [-0.25, -0.2) is 0 Å². The molecule has 8 nitrogen and oxygen atoms in total. The van der Waals surface area contributed by atoms with Crippen LogP contribution < -0.4 is 5.32 Å². The summed E-state index contributed by atoms with van der Waals surface area (Å²) >= 11 is 3.38. The van der Waals surface area contributed by atoms with E-state index in [9.17, 15) is 14.4 Å². The molecular weight excluding hydrogens is 462 g/mol. The molecule has 2 fully saturated rings. The molecule has 3 amide bonds. The molecule has 3 heterocycles. The minimum absolute atomic E-state index is 0.0139. The smallest absolute Gasteiger partial charge is 0.254 e. The van der Waals surface area contributed by atoms with Crippen molar-refractivity contribution in [1.29, 1.82) is 0 Å². The summed E-state index contributed by atoms with van der Waals surface area (Å²) in [7, 11) is 1.77. The van der Waals surface area contributed by atoms with Gasteiger partial charge < -0.3 is 15.1 Å². The number of amides is 3. The molecule has 2 aliphatic heterocycles. The summed E-state index contributed by atoms with van der Waals surface area (Å²) in [5.41, 5.74) is 1.13. The number of halogens is 1. The van der Waals surface area contributed by atoms with Gasteiger partial charge in [0.15, 0.2) is 0 Å². The lowest BCUT2D eigenvalue weighted by Gasteiger charge is -2.35. The fourth-order valence-electron chi connectivity index (χ4n) is 4.29. The predicted molar refractivity (Wildman–Crippen MR) is 118 cm³/mol. The number of nitrogens with zero attached hydrogens (tertiary/aromatic N) is 4. The minimum Gasteiger partial charge on any atom is -0.349 e. The third-order valence-corrected chi connectivity index (χ3v) is 6.53. The van der Waals surface area contributed by atoms with E-state index >= 15 is 0 Å². The monoisotopic (exact) mass is 487 g/mol. The number of aromatic nitrogens is 2. The van der Waals surface area contributed by atoms with E-state index in [1.54, 1.807) is 41.2 Å². The maximum Gasteiger partial charge on any atom is 0.254 e. The number of piperidine rings is 1. The normalized spacial score (nSPS) is 19.5. The van der Waals surface area contributed by atoms with E-state index < -0.39 is 6.04 Å². The first-order valence-electron chi connectivity index (χ1n) is 10.6. The molecule has 1 atom stereocenters. The van der Waals surface area contributed by atoms with Gasteiger partial charge >= 0.3 is 0 Å². The first-order chi connectivity index (χ1) is 14.9. The van der Waals surface area contributed by atoms with Crippen molar-refractivity contribution in [2.45, 2.75) is 37.8 Å². The van der Waals surface area contributed by atoms with Gasteiger partial charge in [0.1, 0.15) is 6.04 Å². The first-order valence-corrected chi connectivity index (χ1v) is 11.4. The average Bonchev–Trinajstić information content (AvgIpc) is 3.43. The van der Waals surface area contributed by atoms with Crippen LogP contribution in [0.1, 0.15) is 46.4 Å². The zero-order chi connectivity index (χ0) is 22.0. The molecule has 164 valence electrons. The Labute approximate surface area is 189 Å². The van der Waals surface area contributed by atoms with Gasteiger partial charge in [-0.1, -0.05) is 15.9 Å². The Bertz CT molecular complexity index is 966. The molecule has 2 aliphatic rings. The molecule has 4 rings (SSSR count). The molecule has 0 spiro atoms. The van der Waals surface area contributed by atoms with Gasteiger partial charge in [0, 0.05) is 49.0 Å². The van der Waals surface area contributed by atoms with Crippen LogP contribution in [0.5, 0.6) is 0 Å². The molecule has 2 aromatic rings. The Balaban J connectivity index is 1.33. The maximum absolute atomic E-state index is 13.2. The molecule has 31 heavy (non-hydrogen) atoms. The second-order valence-electron chi connectivity index (χ2n) is 8.14. The summed E-state index contributed by atoms with van der Waals surface area (Å²) in [5.74, 6) is -0.220. The van der Waals surface area contributed by atoms with Crippen LogP contribution in [0, 0.1) is 0 Å². The van der Waals surface area contributed by atoms with Gasteiger partial charge in [0.05, 0.1) is 11.8 Å². The fraction of sp³-hybridized carbons (Fsp3) is 0.455. The van der Waals surface area contributed by atoms with Crippen LogP contribution in [0.25, 0.3) is 0 Å². The molecule has 0 aliphatic carbocycles. The van der Waals surface area contributed by atoms with Crippen molar-refractivity contribution >= 4 is 33.7 Å². The van der Waals surface area contributed by atoms with Crippen molar-refractivity contribution in [2.75, 3.05) is 19.6 Å². The Kier molecular flexibility index (Phi) is 6.41. The lowest BCUT2D eigenvalue weighted by molar-refractivity contribution is -0.136. The quantitative estimate of drug-likeness (QED) is 0.715. The van der Waals surface area contributed by atoms with Gasteiger partial charge in [-0.05, 0) is 49.9 Å². The molecule has 2 saturated heterocycles. The fourth-order valence-corrected chi connectivity index (χ4v) is 4.55. The minimum atomic E-state index is -0.405. The highest BCUT2D eigenvalue weighted by atomic mass is 79.9. The highest BCUT2D eigenvalue weighted by molar-refractivity contribution is 9.10. The van der Waals surface area contributed by atoms with E-state index in [1.165, 1.54) is 0 Å². The van der Waals surface area contributed by atoms with Crippen LogP contribution >= 0.6 is 15.9 Å². The van der Waals surface area contributed by atoms with E-state index in [0.29, 0.717) is 50.0 Å². The van der Waals surface area contributed by atoms with Crippen molar-refractivity contribution in [1.82, 2.24) is 24.9 Å². The number of carbonyl (C=O) groups is 3. The first kappa shape index (κ1) is 21.5. The van der Waals surface area contributed by atoms with Crippen LogP contribution in [0.3, 0.4) is 0 Å². The number of hydrogen-bond acceptors (Lipinski definition) is 4. The third-order valence-electron chi connectivity index (χ3n) is 6.00. The van der Waals surface area contributed by atoms with Gasteiger partial charge in [0.25, 0.3) is 11.8 Å². The lowest BCUT2D eigenvalue weighted by atomic mass is 10.0. The largest absolute Gasteiger partial charge is 0.349 e. The summed E-state index contributed by atoms with van der Waals surface area (Å²) in [4.78, 5) is 42.0. The maximum atomic E-state index is 13.2. The van der Waals surface area contributed by atoms with Crippen LogP contribution in [0.2, 0.25) is 0 Å². The van der Waals surface area contributed by atoms with Crippen molar-refractivity contribution in [3.05, 3.63) is 52.3 Å². The summed E-state index contributed by atoms with van der Waals surface area (Å²) < 4.78 is 2.51. The molecule has 0 saturated carbocycles. The van der Waals surface area contributed by atoms with Gasteiger partial charge in [0.2, 0.25) is 5.91 Å². The SMILES string of the molecule is Cn1cc(C(=O)NC2CCN(C(=O)C3CCCN3C(=O)c3ccc(Br)cc3)CC2)cn1. The standard InChI is InChI=1S/C22H26BrN5O3/c1-26-14-16(13-24-26)20(29)25-18-8-11-27(12-9-18)22(31)19-3-2-10-28(19)21(30)15-4-6-17(23)7-5-15/h4-7,13-14,18-19H,2-3,8-12H2,1H3,(H,25,29). The van der Waals surface area contributed by atoms with Crippen LogP contribution in [0.4, 0.5) is 0 Å². The summed E-state index contributed by atoms with van der Waals surface area (Å²) in [6, 6.07) is 6.86. The number of hydrogen-bond donors (Lipinski definition) is 1. The molecule has 1 N–H and O–H groups in total. The Morgan fingerprint density at radius 1 is 1.03 bits per heavy atom. The summed E-state index contributed by atoms with van der Waals surface area (Å²) in [6.45, 7) is 1.75. The van der Waals surface area contributed by atoms with Crippen LogP contribution in [-0.4, -0.2) is 69.0 Å². The highest BCUT2D eigenvalue weighted by Gasteiger charge is 2.38. The zero-order valence-electron chi connectivity index (χ0n) is 17.5. The van der Waals surface area contributed by atoms with Crippen molar-refractivity contribution in [3.63, 3.8) is 0 Å². The highest BCUT2D eigenvalue weighted by Crippen LogP contribution is 2.24. The molecular formula is C22H26BrN5O3. The van der Waals surface area contributed by atoms with Gasteiger partial charge in [-0.2, -0.15) is 5.10 Å². The average molecular weight is 488 g/mol. The van der Waals surface area contributed by atoms with Crippen molar-refractivity contribution in [2.24, 2.45) is 7.05 Å². The summed E-state index contributed by atoms with van der Waals surface area (Å²) in [5, 5.41) is 7.06. The molecule has 1 unspecified atom stereocenters. The number of likely N-dealkylation sites (tertiary alicyclic amines) is 2. The van der Waals surface area contributed by atoms with Gasteiger partial charge in [-0.3, -0.25) is 19.1 Å². The van der Waals surface area contributed by atoms with Crippen LogP contribution in [0.15, 0.2) is 41.1 Å². The van der Waals surface area contributed by atoms with Crippen molar-refractivity contribution in [3.8, 4) is 0 Å². The second-order valence-corrected chi connectivity index (χ2v) is 9.05. The van der Waals surface area contributed by atoms with Crippen molar-refractivity contribution < 1.29 is 14.4 Å². The van der Waals surface area contributed by atoms with Gasteiger partial charge in [-0.15, -0.1) is 0 Å². The number of aryl methyl sites for hydroxylation is 1. The molecule has 1 aromatic heterocycles. The molecule has 0 radical (unpaired) electrons. The molecule has 9 heteroatoms. The van der Waals surface area contributed by atoms with E-state index in [4.69, 9.17) is 0 Å². The molecule has 0 bridgehead atoms. The number of carbonyl (C=O) groups excluding carboxylic acids is 3. The second kappa shape index (κ2) is 9.21. The van der Waals surface area contributed by atoms with E-state index in [0.717, 1.165) is 10.9 Å². The van der Waals surface area contributed by atoms with E-state index in [2.05, 4.69) is 26.3 Å². The van der Waals surface area contributed by atoms with E-state index in [1.807, 2.05) is 17.0 Å². The summed E-state index contributed by atoms with van der Waals surface area (Å²) in [6.07, 6.45) is 6.15. The number of benzene rings is 1. The topological polar surface area (TPSA) is 87.5 Å². The zero-order valence-corrected chi connectivity index (χ0v) is 19.0. The lowest BCUT2D eigenvalue weighted by Crippen LogP contribution is -2.52. The van der Waals surface area contributed by atoms with E-state index in [-0.39, 0.29) is 23.8 Å².